The number of piperidine rings is 1. The lowest BCUT2D eigenvalue weighted by Crippen LogP contribution is -2.37. The number of ether oxygens (including phenoxy) is 1. The van der Waals surface area contributed by atoms with Crippen LogP contribution in [0.4, 0.5) is 16.3 Å². The van der Waals surface area contributed by atoms with Gasteiger partial charge in [0.2, 0.25) is 5.28 Å². The van der Waals surface area contributed by atoms with Crippen LogP contribution in [0.3, 0.4) is 0 Å². The molecule has 150 valence electrons. The van der Waals surface area contributed by atoms with Gasteiger partial charge in [-0.05, 0) is 77.6 Å². The molecule has 0 aliphatic carbocycles. The Hall–Kier alpha value is -1.52. The number of halogens is 3. The van der Waals surface area contributed by atoms with E-state index < -0.39 is 6.09 Å². The lowest BCUT2D eigenvalue weighted by atomic mass is 9.94. The molecule has 2 aromatic rings. The van der Waals surface area contributed by atoms with E-state index >= 15 is 0 Å². The third-order valence-corrected chi connectivity index (χ3v) is 5.88. The molecular weight excluding hydrogens is 518 g/mol. The first kappa shape index (κ1) is 21.2. The Bertz CT molecular complexity index is 848. The maximum Gasteiger partial charge on any atom is 0.407 e. The van der Waals surface area contributed by atoms with Crippen LogP contribution in [-0.2, 0) is 0 Å². The molecule has 1 fully saturated rings. The third-order valence-electron chi connectivity index (χ3n) is 4.58. The Balaban J connectivity index is 1.51. The minimum absolute atomic E-state index is 0.121. The molecule has 0 radical (unpaired) electrons. The van der Waals surface area contributed by atoms with Crippen molar-refractivity contribution in [3.8, 4) is 5.75 Å². The maximum absolute atomic E-state index is 11.0. The second-order valence-corrected chi connectivity index (χ2v) is 8.36. The zero-order valence-electron chi connectivity index (χ0n) is 14.9. The molecule has 10 heteroatoms. The van der Waals surface area contributed by atoms with Gasteiger partial charge in [0.05, 0.1) is 16.4 Å². The summed E-state index contributed by atoms with van der Waals surface area (Å²) in [5.74, 6) is 1.75. The summed E-state index contributed by atoms with van der Waals surface area (Å²) in [5.41, 5.74) is 0.814. The number of benzene rings is 1. The predicted molar refractivity (Wildman–Crippen MR) is 117 cm³/mol. The Kier molecular flexibility index (Phi) is 7.42. The summed E-state index contributed by atoms with van der Waals surface area (Å²) in [5, 5.41) is 12.6. The van der Waals surface area contributed by atoms with Crippen molar-refractivity contribution in [2.24, 2.45) is 5.92 Å². The third kappa shape index (κ3) is 5.74. The number of nitrogens with one attached hydrogen (secondary N) is 1. The molecule has 1 aliphatic heterocycles. The van der Waals surface area contributed by atoms with Crippen LogP contribution in [0.2, 0.25) is 10.3 Å². The zero-order valence-corrected chi connectivity index (χ0v) is 18.5. The van der Waals surface area contributed by atoms with Crippen LogP contribution in [-0.4, -0.2) is 45.8 Å². The van der Waals surface area contributed by atoms with Crippen LogP contribution in [0.5, 0.6) is 5.75 Å². The quantitative estimate of drug-likeness (QED) is 0.385. The van der Waals surface area contributed by atoms with Gasteiger partial charge in [0.1, 0.15) is 10.8 Å². The molecule has 7 nitrogen and oxygen atoms in total. The normalized spacial score (nSPS) is 14.8. The number of rotatable bonds is 6. The summed E-state index contributed by atoms with van der Waals surface area (Å²) in [6, 6.07) is 5.72. The number of anilines is 2. The summed E-state index contributed by atoms with van der Waals surface area (Å²) in [6.45, 7) is 1.81. The molecule has 0 atom stereocenters. The Labute approximate surface area is 186 Å². The van der Waals surface area contributed by atoms with Gasteiger partial charge in [-0.15, -0.1) is 0 Å². The minimum atomic E-state index is -0.830. The van der Waals surface area contributed by atoms with Crippen LogP contribution in [0.1, 0.15) is 19.3 Å². The number of aromatic nitrogens is 2. The van der Waals surface area contributed by atoms with Gasteiger partial charge < -0.3 is 20.1 Å². The van der Waals surface area contributed by atoms with Crippen LogP contribution in [0.25, 0.3) is 0 Å². The first-order valence-corrected chi connectivity index (χ1v) is 10.6. The molecule has 28 heavy (non-hydrogen) atoms. The molecular formula is C18H19Cl2IN4O3. The van der Waals surface area contributed by atoms with E-state index in [4.69, 9.17) is 33.0 Å². The molecule has 0 saturated carbocycles. The van der Waals surface area contributed by atoms with Gasteiger partial charge in [0, 0.05) is 18.8 Å². The zero-order chi connectivity index (χ0) is 20.1. The molecule has 0 spiro atoms. The first-order chi connectivity index (χ1) is 13.4. The molecule has 1 amide bonds. The highest BCUT2D eigenvalue weighted by molar-refractivity contribution is 14.1. The van der Waals surface area contributed by atoms with Crippen molar-refractivity contribution in [1.82, 2.24) is 14.9 Å². The minimum Gasteiger partial charge on any atom is -0.492 e. The van der Waals surface area contributed by atoms with Gasteiger partial charge in [0.15, 0.2) is 5.82 Å². The average molecular weight is 537 g/mol. The fourth-order valence-corrected chi connectivity index (χ4v) is 3.96. The maximum atomic E-state index is 11.0. The smallest absolute Gasteiger partial charge is 0.407 e. The fraction of sp³-hybridized carbons (Fsp3) is 0.389. The molecule has 1 saturated heterocycles. The molecule has 2 N–H and O–H groups in total. The number of hydrogen-bond donors (Lipinski definition) is 2. The Morgan fingerprint density at radius 3 is 2.79 bits per heavy atom. The second-order valence-electron chi connectivity index (χ2n) is 6.46. The lowest BCUT2D eigenvalue weighted by molar-refractivity contribution is 0.119. The SMILES string of the molecule is O=C(O)N1CCC(CCOc2ccc(Nc3nc(Cl)ncc3Cl)cc2I)CC1. The summed E-state index contributed by atoms with van der Waals surface area (Å²) >= 11 is 14.1. The van der Waals surface area contributed by atoms with Crippen molar-refractivity contribution in [3.05, 3.63) is 38.3 Å². The van der Waals surface area contributed by atoms with E-state index in [2.05, 4.69) is 37.9 Å². The van der Waals surface area contributed by atoms with E-state index in [1.54, 1.807) is 0 Å². The number of nitrogens with zero attached hydrogens (tertiary/aromatic N) is 3. The van der Waals surface area contributed by atoms with Crippen LogP contribution in [0.15, 0.2) is 24.4 Å². The van der Waals surface area contributed by atoms with Gasteiger partial charge in [-0.1, -0.05) is 11.6 Å². The Morgan fingerprint density at radius 2 is 2.11 bits per heavy atom. The number of amides is 1. The number of likely N-dealkylation sites (tertiary alicyclic amines) is 1. The van der Waals surface area contributed by atoms with Gasteiger partial charge >= 0.3 is 6.09 Å². The van der Waals surface area contributed by atoms with E-state index in [0.717, 1.165) is 34.3 Å². The van der Waals surface area contributed by atoms with Crippen LogP contribution >= 0.6 is 45.8 Å². The predicted octanol–water partition coefficient (Wildman–Crippen LogP) is 5.29. The van der Waals surface area contributed by atoms with E-state index in [-0.39, 0.29) is 5.28 Å². The highest BCUT2D eigenvalue weighted by Crippen LogP contribution is 2.29. The largest absolute Gasteiger partial charge is 0.492 e. The number of hydrogen-bond acceptors (Lipinski definition) is 5. The molecule has 1 aromatic heterocycles. The van der Waals surface area contributed by atoms with Gasteiger partial charge in [-0.3, -0.25) is 0 Å². The monoisotopic (exact) mass is 536 g/mol. The van der Waals surface area contributed by atoms with Crippen LogP contribution in [0, 0.1) is 9.49 Å². The second kappa shape index (κ2) is 9.80. The number of carbonyl (C=O) groups is 1. The van der Waals surface area contributed by atoms with Crippen molar-refractivity contribution < 1.29 is 14.6 Å². The van der Waals surface area contributed by atoms with E-state index in [1.165, 1.54) is 11.1 Å². The molecule has 2 heterocycles. The van der Waals surface area contributed by atoms with Crippen molar-refractivity contribution in [3.63, 3.8) is 0 Å². The van der Waals surface area contributed by atoms with Crippen molar-refractivity contribution in [1.29, 1.82) is 0 Å². The first-order valence-electron chi connectivity index (χ1n) is 8.77. The summed E-state index contributed by atoms with van der Waals surface area (Å²) in [4.78, 5) is 20.3. The topological polar surface area (TPSA) is 87.6 Å². The van der Waals surface area contributed by atoms with E-state index in [1.807, 2.05) is 18.2 Å². The molecule has 1 aromatic carbocycles. The molecule has 3 rings (SSSR count). The van der Waals surface area contributed by atoms with Gasteiger partial charge in [0.25, 0.3) is 0 Å². The standard InChI is InChI=1S/C18H19Cl2IN4O3/c19-13-10-22-17(20)24-16(13)23-12-1-2-15(14(21)9-12)28-8-5-11-3-6-25(7-4-11)18(26)27/h1-2,9-11H,3-8H2,(H,26,27)(H,22,23,24). The van der Waals surface area contributed by atoms with E-state index in [9.17, 15) is 4.79 Å². The highest BCUT2D eigenvalue weighted by atomic mass is 127. The van der Waals surface area contributed by atoms with Crippen molar-refractivity contribution in [2.75, 3.05) is 25.0 Å². The summed E-state index contributed by atoms with van der Waals surface area (Å²) < 4.78 is 6.88. The average Bonchev–Trinajstić information content (AvgIpc) is 2.67. The summed E-state index contributed by atoms with van der Waals surface area (Å²) in [7, 11) is 0. The highest BCUT2D eigenvalue weighted by Gasteiger charge is 2.22. The van der Waals surface area contributed by atoms with E-state index in [0.29, 0.717) is 36.5 Å². The molecule has 1 aliphatic rings. The van der Waals surface area contributed by atoms with Gasteiger partial charge in [-0.2, -0.15) is 4.98 Å². The summed E-state index contributed by atoms with van der Waals surface area (Å²) in [6.07, 6.45) is 3.31. The Morgan fingerprint density at radius 1 is 1.36 bits per heavy atom. The fourth-order valence-electron chi connectivity index (χ4n) is 3.01. The molecule has 0 bridgehead atoms. The van der Waals surface area contributed by atoms with Gasteiger partial charge in [-0.25, -0.2) is 9.78 Å². The van der Waals surface area contributed by atoms with Crippen molar-refractivity contribution >= 4 is 63.4 Å². The van der Waals surface area contributed by atoms with Crippen molar-refractivity contribution in [2.45, 2.75) is 19.3 Å². The van der Waals surface area contributed by atoms with Crippen LogP contribution < -0.4 is 10.1 Å². The molecule has 0 unspecified atom stereocenters. The number of carboxylic acid groups (broad SMARTS) is 1. The lowest BCUT2D eigenvalue weighted by Gasteiger charge is -2.29.